The van der Waals surface area contributed by atoms with Crippen molar-refractivity contribution in [3.63, 3.8) is 0 Å². The summed E-state index contributed by atoms with van der Waals surface area (Å²) in [6, 6.07) is 3.85. The Kier molecular flexibility index (Phi) is 19.1. The number of piperidine rings is 1. The topological polar surface area (TPSA) is 205 Å². The number of benzene rings is 1. The van der Waals surface area contributed by atoms with Gasteiger partial charge >= 0.3 is 17.9 Å². The minimum Gasteiger partial charge on any atom is -0.508 e. The van der Waals surface area contributed by atoms with Crippen molar-refractivity contribution < 1.29 is 48.5 Å². The Balaban J connectivity index is 1.95. The van der Waals surface area contributed by atoms with Crippen molar-refractivity contribution in [2.75, 3.05) is 20.3 Å². The smallest absolute Gasteiger partial charge is 0.307 e. The van der Waals surface area contributed by atoms with E-state index in [0.29, 0.717) is 30.7 Å². The molecule has 0 bridgehead atoms. The van der Waals surface area contributed by atoms with Gasteiger partial charge in [-0.15, -0.1) is 11.3 Å². The third-order valence-electron chi connectivity index (χ3n) is 10.7. The van der Waals surface area contributed by atoms with Crippen molar-refractivity contribution in [3.05, 3.63) is 45.9 Å². The summed E-state index contributed by atoms with van der Waals surface area (Å²) < 4.78 is 11.5. The fraction of sp³-hybridized carbons (Fsp3) is 0.643. The van der Waals surface area contributed by atoms with Gasteiger partial charge in [0.05, 0.1) is 12.0 Å². The normalized spacial score (nSPS) is 17.6. The number of rotatable bonds is 22. The number of carboxylic acid groups (broad SMARTS) is 1. The molecule has 0 aliphatic carbocycles. The molecule has 0 spiro atoms. The van der Waals surface area contributed by atoms with Crippen LogP contribution in [-0.4, -0.2) is 105 Å². The maximum absolute atomic E-state index is 14.7. The van der Waals surface area contributed by atoms with Crippen molar-refractivity contribution in [3.8, 4) is 5.75 Å². The number of hydrogen-bond acceptors (Lipinski definition) is 12. The number of carbonyl (C=O) groups is 6. The molecular weight excluding hydrogens is 767 g/mol. The summed E-state index contributed by atoms with van der Waals surface area (Å²) in [5, 5.41) is 27.1. The van der Waals surface area contributed by atoms with Gasteiger partial charge in [0.25, 0.3) is 5.91 Å². The van der Waals surface area contributed by atoms with Crippen molar-refractivity contribution in [1.29, 1.82) is 0 Å². The van der Waals surface area contributed by atoms with E-state index in [0.717, 1.165) is 36.3 Å². The molecule has 16 heteroatoms. The number of carbonyl (C=O) groups excluding carboxylic acids is 5. The maximum atomic E-state index is 14.7. The third-order valence-corrected chi connectivity index (χ3v) is 11.7. The highest BCUT2D eigenvalue weighted by Crippen LogP contribution is 2.32. The minimum absolute atomic E-state index is 0.0330. The summed E-state index contributed by atoms with van der Waals surface area (Å²) in [6.45, 7) is 12.7. The van der Waals surface area contributed by atoms with Crippen LogP contribution in [0.4, 0.5) is 0 Å². The third kappa shape index (κ3) is 14.4. The first-order chi connectivity index (χ1) is 27.4. The summed E-state index contributed by atoms with van der Waals surface area (Å²) in [5.41, 5.74) is 0.816. The van der Waals surface area contributed by atoms with E-state index in [9.17, 15) is 39.0 Å². The lowest BCUT2D eigenvalue weighted by Crippen LogP contribution is -2.59. The Hall–Kier alpha value is -4.57. The van der Waals surface area contributed by atoms with E-state index in [-0.39, 0.29) is 61.2 Å². The fourth-order valence-corrected chi connectivity index (χ4v) is 7.91. The van der Waals surface area contributed by atoms with Crippen LogP contribution >= 0.6 is 11.3 Å². The van der Waals surface area contributed by atoms with Crippen molar-refractivity contribution >= 4 is 47.0 Å². The van der Waals surface area contributed by atoms with E-state index < -0.39 is 59.9 Å². The predicted octanol–water partition coefficient (Wildman–Crippen LogP) is 5.46. The molecule has 2 aromatic rings. The summed E-state index contributed by atoms with van der Waals surface area (Å²) in [6.07, 6.45) is 3.31. The molecule has 1 aliphatic rings. The molecule has 0 saturated carbocycles. The number of aromatic nitrogens is 1. The quantitative estimate of drug-likeness (QED) is 0.0863. The Labute approximate surface area is 346 Å². The van der Waals surface area contributed by atoms with Crippen LogP contribution in [0.25, 0.3) is 0 Å². The molecule has 2 heterocycles. The maximum Gasteiger partial charge on any atom is 0.307 e. The van der Waals surface area contributed by atoms with E-state index in [2.05, 4.69) is 15.6 Å². The highest BCUT2D eigenvalue weighted by molar-refractivity contribution is 7.09. The molecular formula is C42H63N5O10S. The highest BCUT2D eigenvalue weighted by Gasteiger charge is 2.39. The van der Waals surface area contributed by atoms with Gasteiger partial charge in [0, 0.05) is 37.2 Å². The van der Waals surface area contributed by atoms with Crippen molar-refractivity contribution in [2.45, 2.75) is 137 Å². The average Bonchev–Trinajstić information content (AvgIpc) is 3.67. The number of carboxylic acids is 1. The van der Waals surface area contributed by atoms with Crippen LogP contribution in [0.15, 0.2) is 29.6 Å². The molecule has 58 heavy (non-hydrogen) atoms. The number of phenolic OH excluding ortho intramolecular Hbond substituents is 1. The molecule has 7 atom stereocenters. The first-order valence-electron chi connectivity index (χ1n) is 20.4. The lowest BCUT2D eigenvalue weighted by atomic mass is 9.92. The van der Waals surface area contributed by atoms with Gasteiger partial charge in [0.1, 0.15) is 22.5 Å². The van der Waals surface area contributed by atoms with Gasteiger partial charge in [-0.25, -0.2) is 4.98 Å². The SMILES string of the molecule is CCCC(=O)OCN(C(=O)C(NC(=O)[C@@H]1CCCCN1C)C(C)CC)C(CC(OC(C)=O)c1nc(C(=O)NC(Cc2ccc(O)cc2)CC(C)C(=O)O)cs1)C(C)C. The van der Waals surface area contributed by atoms with Crippen molar-refractivity contribution in [1.82, 2.24) is 25.4 Å². The molecule has 0 radical (unpaired) electrons. The zero-order valence-electron chi connectivity index (χ0n) is 35.2. The number of hydrogen-bond donors (Lipinski definition) is 4. The van der Waals surface area contributed by atoms with Crippen LogP contribution in [0.2, 0.25) is 0 Å². The fourth-order valence-electron chi connectivity index (χ4n) is 7.07. The second-order valence-electron chi connectivity index (χ2n) is 15.8. The molecule has 1 fully saturated rings. The van der Waals surface area contributed by atoms with E-state index in [1.54, 1.807) is 19.1 Å². The van der Waals surface area contributed by atoms with E-state index in [1.807, 2.05) is 46.6 Å². The van der Waals surface area contributed by atoms with Gasteiger partial charge < -0.3 is 35.2 Å². The number of esters is 2. The molecule has 6 unspecified atom stereocenters. The highest BCUT2D eigenvalue weighted by atomic mass is 32.1. The van der Waals surface area contributed by atoms with Gasteiger partial charge in [0.15, 0.2) is 12.8 Å². The van der Waals surface area contributed by atoms with E-state index in [4.69, 9.17) is 9.47 Å². The molecule has 15 nitrogen and oxygen atoms in total. The lowest BCUT2D eigenvalue weighted by Gasteiger charge is -2.39. The first-order valence-corrected chi connectivity index (χ1v) is 21.2. The molecule has 1 saturated heterocycles. The Morgan fingerprint density at radius 1 is 1.02 bits per heavy atom. The van der Waals surface area contributed by atoms with Crippen LogP contribution in [-0.2, 0) is 39.9 Å². The second-order valence-corrected chi connectivity index (χ2v) is 16.7. The molecule has 4 N–H and O–H groups in total. The number of amides is 3. The Morgan fingerprint density at radius 2 is 1.71 bits per heavy atom. The van der Waals surface area contributed by atoms with Gasteiger partial charge in [-0.3, -0.25) is 33.7 Å². The number of ether oxygens (including phenoxy) is 2. The van der Waals surface area contributed by atoms with Gasteiger partial charge in [-0.1, -0.05) is 66.5 Å². The first kappa shape index (κ1) is 47.8. The second kappa shape index (κ2) is 23.1. The van der Waals surface area contributed by atoms with Crippen LogP contribution in [0, 0.1) is 17.8 Å². The van der Waals surface area contributed by atoms with Crippen LogP contribution in [0.5, 0.6) is 5.75 Å². The number of likely N-dealkylation sites (N-methyl/N-ethyl adjacent to an activating group) is 1. The molecule has 1 aromatic heterocycles. The molecule has 322 valence electrons. The number of thiazole rings is 1. The van der Waals surface area contributed by atoms with Crippen LogP contribution in [0.1, 0.15) is 127 Å². The number of aromatic hydroxyl groups is 1. The average molecular weight is 830 g/mol. The Bertz CT molecular complexity index is 1680. The number of phenols is 1. The Morgan fingerprint density at radius 3 is 2.29 bits per heavy atom. The number of aliphatic carboxylic acids is 1. The van der Waals surface area contributed by atoms with E-state index >= 15 is 0 Å². The minimum atomic E-state index is -1.01. The largest absolute Gasteiger partial charge is 0.508 e. The lowest BCUT2D eigenvalue weighted by molar-refractivity contribution is -0.160. The standard InChI is InChI=1S/C42H63N5O10S/c1-9-13-36(50)56-24-47(41(53)37(26(5)10-2)45-39(52)33-14-11-12-19-46(33)8)34(25(3)4)22-35(57-28(7)48)40-44-32(23-58-40)38(51)43-30(20-27(6)42(54)55)21-29-15-17-31(49)18-16-29/h15-18,23,25-27,30,33-35,37,49H,9-14,19-22,24H2,1-8H3,(H,43,51)(H,45,52)(H,54,55)/t26?,27?,30?,33-,34?,35?,37?/m0/s1. The monoisotopic (exact) mass is 829 g/mol. The van der Waals surface area contributed by atoms with Crippen LogP contribution in [0.3, 0.4) is 0 Å². The summed E-state index contributed by atoms with van der Waals surface area (Å²) in [5.74, 6) is -4.54. The van der Waals surface area contributed by atoms with E-state index in [1.165, 1.54) is 29.3 Å². The summed E-state index contributed by atoms with van der Waals surface area (Å²) in [4.78, 5) is 87.0. The number of nitrogens with one attached hydrogen (secondary N) is 2. The molecule has 1 aliphatic heterocycles. The summed E-state index contributed by atoms with van der Waals surface area (Å²) in [7, 11) is 1.90. The van der Waals surface area contributed by atoms with Crippen molar-refractivity contribution in [2.24, 2.45) is 17.8 Å². The number of nitrogens with zero attached hydrogens (tertiary/aromatic N) is 3. The zero-order chi connectivity index (χ0) is 43.1. The molecule has 3 amide bonds. The zero-order valence-corrected chi connectivity index (χ0v) is 36.0. The predicted molar refractivity (Wildman–Crippen MR) is 219 cm³/mol. The number of likely N-dealkylation sites (tertiary alicyclic amines) is 1. The van der Waals surface area contributed by atoms with Crippen LogP contribution < -0.4 is 10.6 Å². The molecule has 1 aromatic carbocycles. The molecule has 3 rings (SSSR count). The summed E-state index contributed by atoms with van der Waals surface area (Å²) >= 11 is 1.10. The van der Waals surface area contributed by atoms with Gasteiger partial charge in [-0.05, 0) is 75.2 Å². The van der Waals surface area contributed by atoms with Gasteiger partial charge in [0.2, 0.25) is 11.8 Å². The van der Waals surface area contributed by atoms with Gasteiger partial charge in [-0.2, -0.15) is 0 Å².